The highest BCUT2D eigenvalue weighted by molar-refractivity contribution is 6.87. The normalized spacial score (nSPS) is 17.2. The van der Waals surface area contributed by atoms with Gasteiger partial charge in [0.25, 0.3) is 0 Å². The van der Waals surface area contributed by atoms with Crippen LogP contribution in [0.25, 0.3) is 0 Å². The van der Waals surface area contributed by atoms with Gasteiger partial charge in [0.15, 0.2) is 0 Å². The maximum atomic E-state index is 7.00. The Morgan fingerprint density at radius 2 is 1.52 bits per heavy atom. The molecule has 0 atom stereocenters. The predicted octanol–water partition coefficient (Wildman–Crippen LogP) is 6.49. The van der Waals surface area contributed by atoms with Crippen molar-refractivity contribution in [1.29, 1.82) is 0 Å². The second kappa shape index (κ2) is 12.3. The third kappa shape index (κ3) is 7.23. The highest BCUT2D eigenvalue weighted by Crippen LogP contribution is 2.20. The van der Waals surface area contributed by atoms with Gasteiger partial charge in [-0.2, -0.15) is 0 Å². The van der Waals surface area contributed by atoms with E-state index in [0.29, 0.717) is 0 Å². The van der Waals surface area contributed by atoms with Crippen molar-refractivity contribution < 1.29 is 4.57 Å². The summed E-state index contributed by atoms with van der Waals surface area (Å²) in [5, 5.41) is 0. The third-order valence-electron chi connectivity index (χ3n) is 5.95. The first-order valence-electron chi connectivity index (χ1n) is 11.8. The fourth-order valence-electron chi connectivity index (χ4n) is 3.84. The minimum Gasteiger partial charge on any atom is -0.484 e. The van der Waals surface area contributed by atoms with Gasteiger partial charge in [0.05, 0.1) is 0 Å². The minimum absolute atomic E-state index is 0.160. The van der Waals surface area contributed by atoms with E-state index >= 15 is 0 Å². The molecule has 0 spiro atoms. The molecule has 1 aliphatic rings. The van der Waals surface area contributed by atoms with E-state index in [-0.39, 0.29) is 13.8 Å². The van der Waals surface area contributed by atoms with Crippen molar-refractivity contribution >= 4 is 24.8 Å². The van der Waals surface area contributed by atoms with Crippen molar-refractivity contribution in [2.75, 3.05) is 0 Å². The summed E-state index contributed by atoms with van der Waals surface area (Å²) in [5.41, 5.74) is 8.36. The summed E-state index contributed by atoms with van der Waals surface area (Å²) >= 11 is 0. The topological polar surface area (TPSA) is 9.23 Å². The van der Waals surface area contributed by atoms with Crippen molar-refractivity contribution in [1.82, 2.24) is 0 Å². The van der Waals surface area contributed by atoms with Crippen LogP contribution in [0.1, 0.15) is 39.2 Å². The molecule has 3 heteroatoms. The van der Waals surface area contributed by atoms with E-state index in [1.165, 1.54) is 22.1 Å². The SMILES string of the molecule is C=C/C(C)=C\C=C(/C)B(OB(c1ccccc1)c1ccc(C)cc1)C1=CCC/C=C(C)\C=C/1. The smallest absolute Gasteiger partial charge is 0.346 e. The lowest BCUT2D eigenvalue weighted by Gasteiger charge is -2.24. The van der Waals surface area contributed by atoms with Crippen LogP contribution in [0.15, 0.2) is 126 Å². The number of benzene rings is 2. The molecule has 1 aliphatic carbocycles. The van der Waals surface area contributed by atoms with Crippen molar-refractivity contribution in [3.8, 4) is 0 Å². The Kier molecular flexibility index (Phi) is 9.15. The lowest BCUT2D eigenvalue weighted by Crippen LogP contribution is -2.49. The Hall–Kier alpha value is -3.03. The summed E-state index contributed by atoms with van der Waals surface area (Å²) in [7, 11) is 0. The molecule has 0 fully saturated rings. The molecule has 0 N–H and O–H groups in total. The van der Waals surface area contributed by atoms with E-state index in [1.54, 1.807) is 0 Å². The van der Waals surface area contributed by atoms with E-state index in [9.17, 15) is 0 Å². The van der Waals surface area contributed by atoms with Gasteiger partial charge >= 0.3 is 13.8 Å². The highest BCUT2D eigenvalue weighted by atomic mass is 16.4. The summed E-state index contributed by atoms with van der Waals surface area (Å²) in [6, 6.07) is 19.2. The summed E-state index contributed by atoms with van der Waals surface area (Å²) < 4.78 is 7.00. The maximum absolute atomic E-state index is 7.00. The molecule has 33 heavy (non-hydrogen) atoms. The molecular formula is C30H34B2O. The number of rotatable bonds is 8. The van der Waals surface area contributed by atoms with E-state index in [2.05, 4.69) is 125 Å². The number of hydrogen-bond donors (Lipinski definition) is 0. The van der Waals surface area contributed by atoms with Gasteiger partial charge in [0.2, 0.25) is 0 Å². The van der Waals surface area contributed by atoms with Crippen LogP contribution in [0.5, 0.6) is 0 Å². The van der Waals surface area contributed by atoms with E-state index in [4.69, 9.17) is 4.57 Å². The zero-order chi connectivity index (χ0) is 23.6. The molecule has 0 amide bonds. The molecule has 0 saturated heterocycles. The lowest BCUT2D eigenvalue weighted by atomic mass is 9.46. The third-order valence-corrected chi connectivity index (χ3v) is 5.95. The van der Waals surface area contributed by atoms with Gasteiger partial charge in [-0.15, -0.1) is 0 Å². The largest absolute Gasteiger partial charge is 0.484 e. The van der Waals surface area contributed by atoms with Gasteiger partial charge in [-0.05, 0) is 56.9 Å². The Balaban J connectivity index is 2.07. The standard InChI is InChI=1S/C30H34B2O/c1-6-24(2)16-20-27(5)31(29-15-11-10-12-25(3)17-21-29)33-32(28-13-8-7-9-14-28)30-22-18-26(4)19-23-30/h6-9,12-23H,1,10-11H2,2-5H3/b21-17-,24-16-,25-12-,27-20+,29-15?. The lowest BCUT2D eigenvalue weighted by molar-refractivity contribution is 0.623. The Morgan fingerprint density at radius 3 is 2.21 bits per heavy atom. The Morgan fingerprint density at radius 1 is 0.848 bits per heavy atom. The van der Waals surface area contributed by atoms with Crippen molar-refractivity contribution in [3.63, 3.8) is 0 Å². The van der Waals surface area contributed by atoms with Gasteiger partial charge in [-0.25, -0.2) is 0 Å². The van der Waals surface area contributed by atoms with E-state index < -0.39 is 0 Å². The minimum atomic E-state index is -0.166. The molecule has 1 nitrogen and oxygen atoms in total. The second-order valence-corrected chi connectivity index (χ2v) is 8.81. The number of hydrogen-bond acceptors (Lipinski definition) is 1. The van der Waals surface area contributed by atoms with Crippen LogP contribution in [0, 0.1) is 6.92 Å². The molecule has 166 valence electrons. The van der Waals surface area contributed by atoms with Gasteiger partial charge in [0, 0.05) is 0 Å². The van der Waals surface area contributed by atoms with E-state index in [0.717, 1.165) is 29.3 Å². The molecule has 0 aromatic heterocycles. The van der Waals surface area contributed by atoms with Crippen LogP contribution in [-0.4, -0.2) is 13.8 Å². The summed E-state index contributed by atoms with van der Waals surface area (Å²) in [5.74, 6) is 0. The fraction of sp³-hybridized carbons (Fsp3) is 0.200. The highest BCUT2D eigenvalue weighted by Gasteiger charge is 2.30. The molecule has 0 saturated carbocycles. The molecule has 3 rings (SSSR count). The van der Waals surface area contributed by atoms with E-state index in [1.807, 2.05) is 6.08 Å². The first-order valence-corrected chi connectivity index (χ1v) is 11.8. The molecule has 0 unspecified atom stereocenters. The van der Waals surface area contributed by atoms with Gasteiger partial charge < -0.3 is 4.57 Å². The van der Waals surface area contributed by atoms with Crippen LogP contribution in [-0.2, 0) is 4.57 Å². The summed E-state index contributed by atoms with van der Waals surface area (Å²) in [6.45, 7) is 12.1. The fourth-order valence-corrected chi connectivity index (χ4v) is 3.84. The van der Waals surface area contributed by atoms with Gasteiger partial charge in [-0.3, -0.25) is 0 Å². The quantitative estimate of drug-likeness (QED) is 0.342. The Bertz CT molecular complexity index is 1090. The molecule has 2 aromatic rings. The average molecular weight is 432 g/mol. The average Bonchev–Trinajstić information content (AvgIpc) is 2.82. The summed E-state index contributed by atoms with van der Waals surface area (Å²) in [4.78, 5) is 0. The van der Waals surface area contributed by atoms with Crippen LogP contribution in [0.2, 0.25) is 0 Å². The molecule has 0 bridgehead atoms. The molecular weight excluding hydrogens is 398 g/mol. The van der Waals surface area contributed by atoms with Crippen LogP contribution >= 0.6 is 0 Å². The van der Waals surface area contributed by atoms with Crippen LogP contribution < -0.4 is 10.9 Å². The molecule has 0 radical (unpaired) electrons. The molecule has 0 heterocycles. The van der Waals surface area contributed by atoms with Crippen molar-refractivity contribution in [3.05, 3.63) is 131 Å². The van der Waals surface area contributed by atoms with Gasteiger partial charge in [0.1, 0.15) is 0 Å². The van der Waals surface area contributed by atoms with Gasteiger partial charge in [-0.1, -0.05) is 126 Å². The first-order chi connectivity index (χ1) is 16.0. The number of aryl methyl sites for hydroxylation is 1. The predicted molar refractivity (Wildman–Crippen MR) is 147 cm³/mol. The molecule has 0 aliphatic heterocycles. The monoisotopic (exact) mass is 432 g/mol. The molecule has 2 aromatic carbocycles. The first kappa shape index (κ1) is 24.6. The maximum Gasteiger partial charge on any atom is 0.346 e. The Labute approximate surface area is 201 Å². The zero-order valence-electron chi connectivity index (χ0n) is 20.4. The van der Waals surface area contributed by atoms with Crippen LogP contribution in [0.3, 0.4) is 0 Å². The zero-order valence-corrected chi connectivity index (χ0v) is 20.4. The van der Waals surface area contributed by atoms with Crippen molar-refractivity contribution in [2.24, 2.45) is 0 Å². The summed E-state index contributed by atoms with van der Waals surface area (Å²) in [6.07, 6.45) is 17.2. The number of allylic oxidation sites excluding steroid dienone is 11. The van der Waals surface area contributed by atoms with Crippen molar-refractivity contribution in [2.45, 2.75) is 40.5 Å². The second-order valence-electron chi connectivity index (χ2n) is 8.81. The van der Waals surface area contributed by atoms with Crippen LogP contribution in [0.4, 0.5) is 0 Å².